The van der Waals surface area contributed by atoms with Gasteiger partial charge < -0.3 is 4.57 Å². The van der Waals surface area contributed by atoms with E-state index in [2.05, 4.69) is 37.4 Å². The fourth-order valence-corrected chi connectivity index (χ4v) is 3.59. The van der Waals surface area contributed by atoms with Crippen LogP contribution in [0.5, 0.6) is 0 Å². The summed E-state index contributed by atoms with van der Waals surface area (Å²) < 4.78 is 3.16. The van der Waals surface area contributed by atoms with Gasteiger partial charge >= 0.3 is 0 Å². The average Bonchev–Trinajstić information content (AvgIpc) is 2.94. The van der Waals surface area contributed by atoms with E-state index in [0.29, 0.717) is 11.3 Å². The van der Waals surface area contributed by atoms with Crippen LogP contribution in [0.1, 0.15) is 38.4 Å². The van der Waals surface area contributed by atoms with Crippen molar-refractivity contribution in [3.63, 3.8) is 0 Å². The summed E-state index contributed by atoms with van der Waals surface area (Å²) in [6, 6.07) is 2.01. The molecule has 0 amide bonds. The Bertz CT molecular complexity index is 602. The van der Waals surface area contributed by atoms with E-state index in [1.807, 2.05) is 12.3 Å². The van der Waals surface area contributed by atoms with Crippen molar-refractivity contribution in [1.29, 1.82) is 0 Å². The molecule has 2 aromatic heterocycles. The predicted molar refractivity (Wildman–Crippen MR) is 81.4 cm³/mol. The molecule has 3 nitrogen and oxygen atoms in total. The molecule has 2 aromatic rings. The van der Waals surface area contributed by atoms with Crippen LogP contribution in [0, 0.1) is 5.41 Å². The maximum Gasteiger partial charge on any atom is 0.160 e. The normalized spacial score (nSPS) is 18.3. The minimum atomic E-state index is 0.364. The van der Waals surface area contributed by atoms with Crippen LogP contribution >= 0.6 is 27.5 Å². The minimum absolute atomic E-state index is 0.364. The van der Waals surface area contributed by atoms with Gasteiger partial charge in [-0.2, -0.15) is 0 Å². The fourth-order valence-electron chi connectivity index (χ4n) is 3.07. The van der Waals surface area contributed by atoms with Gasteiger partial charge in [0.2, 0.25) is 0 Å². The Balaban J connectivity index is 2.05. The van der Waals surface area contributed by atoms with Crippen LogP contribution in [0.2, 0.25) is 0 Å². The molecule has 1 aliphatic carbocycles. The standard InChI is InChI=1S/C14H17BrClN3/c1-14(4-2-3-5-14)9-19-12(7-16)18-11-6-10(15)8-17-13(11)19/h6,8H,2-5,7,9H2,1H3. The molecule has 1 saturated carbocycles. The van der Waals surface area contributed by atoms with E-state index < -0.39 is 0 Å². The van der Waals surface area contributed by atoms with E-state index >= 15 is 0 Å². The summed E-state index contributed by atoms with van der Waals surface area (Å²) in [5.41, 5.74) is 2.24. The van der Waals surface area contributed by atoms with Gasteiger partial charge in [0.1, 0.15) is 11.3 Å². The quantitative estimate of drug-likeness (QED) is 0.768. The summed E-state index contributed by atoms with van der Waals surface area (Å²) >= 11 is 9.49. The zero-order chi connectivity index (χ0) is 13.5. The van der Waals surface area contributed by atoms with E-state index in [4.69, 9.17) is 11.6 Å². The van der Waals surface area contributed by atoms with E-state index in [1.54, 1.807) is 0 Å². The molecule has 0 unspecified atom stereocenters. The van der Waals surface area contributed by atoms with Crippen LogP contribution in [0.4, 0.5) is 0 Å². The molecule has 0 aliphatic heterocycles. The fraction of sp³-hybridized carbons (Fsp3) is 0.571. The van der Waals surface area contributed by atoms with Crippen LogP contribution in [-0.4, -0.2) is 14.5 Å². The highest BCUT2D eigenvalue weighted by Gasteiger charge is 2.30. The van der Waals surface area contributed by atoms with E-state index in [-0.39, 0.29) is 0 Å². The second-order valence-electron chi connectivity index (χ2n) is 5.76. The van der Waals surface area contributed by atoms with Crippen molar-refractivity contribution in [2.24, 2.45) is 5.41 Å². The van der Waals surface area contributed by atoms with Crippen LogP contribution in [0.3, 0.4) is 0 Å². The first kappa shape index (κ1) is 13.4. The first-order valence-electron chi connectivity index (χ1n) is 6.68. The molecule has 0 radical (unpaired) electrons. The van der Waals surface area contributed by atoms with Crippen LogP contribution in [0.15, 0.2) is 16.7 Å². The molecule has 1 fully saturated rings. The molecule has 2 heterocycles. The number of halogens is 2. The predicted octanol–water partition coefficient (Wildman–Crippen LogP) is 4.51. The number of imidazole rings is 1. The number of aromatic nitrogens is 3. The van der Waals surface area contributed by atoms with E-state index in [9.17, 15) is 0 Å². The second kappa shape index (κ2) is 5.06. The Morgan fingerprint density at radius 2 is 2.16 bits per heavy atom. The maximum absolute atomic E-state index is 6.05. The molecule has 0 aromatic carbocycles. The number of alkyl halides is 1. The number of hydrogen-bond acceptors (Lipinski definition) is 2. The molecule has 3 rings (SSSR count). The lowest BCUT2D eigenvalue weighted by Crippen LogP contribution is -2.21. The summed E-state index contributed by atoms with van der Waals surface area (Å²) in [6.07, 6.45) is 7.06. The zero-order valence-corrected chi connectivity index (χ0v) is 13.3. The number of hydrogen-bond donors (Lipinski definition) is 0. The SMILES string of the molecule is CC1(Cn2c(CCl)nc3cc(Br)cnc32)CCCC1. The number of fused-ring (bicyclic) bond motifs is 1. The molecule has 0 N–H and O–H groups in total. The minimum Gasteiger partial charge on any atom is -0.311 e. The number of pyridine rings is 1. The Morgan fingerprint density at radius 3 is 2.84 bits per heavy atom. The molecular formula is C14H17BrClN3. The lowest BCUT2D eigenvalue weighted by atomic mass is 9.89. The van der Waals surface area contributed by atoms with Gasteiger partial charge in [0, 0.05) is 17.2 Å². The Morgan fingerprint density at radius 1 is 1.42 bits per heavy atom. The van der Waals surface area contributed by atoms with E-state index in [0.717, 1.165) is 28.0 Å². The van der Waals surface area contributed by atoms with E-state index in [1.165, 1.54) is 25.7 Å². The summed E-state index contributed by atoms with van der Waals surface area (Å²) in [6.45, 7) is 3.34. The van der Waals surface area contributed by atoms with Gasteiger partial charge in [0.15, 0.2) is 5.65 Å². The number of rotatable bonds is 3. The smallest absolute Gasteiger partial charge is 0.160 e. The Labute approximate surface area is 126 Å². The van der Waals surface area contributed by atoms with Crippen molar-refractivity contribution < 1.29 is 0 Å². The van der Waals surface area contributed by atoms with Gasteiger partial charge in [-0.15, -0.1) is 11.6 Å². The molecule has 0 bridgehead atoms. The Hall–Kier alpha value is -0.610. The van der Waals surface area contributed by atoms with Crippen molar-refractivity contribution >= 4 is 38.7 Å². The van der Waals surface area contributed by atoms with Gasteiger partial charge in [-0.25, -0.2) is 9.97 Å². The highest BCUT2D eigenvalue weighted by molar-refractivity contribution is 9.10. The van der Waals surface area contributed by atoms with Gasteiger partial charge in [-0.3, -0.25) is 0 Å². The van der Waals surface area contributed by atoms with Crippen LogP contribution < -0.4 is 0 Å². The topological polar surface area (TPSA) is 30.7 Å². The monoisotopic (exact) mass is 341 g/mol. The van der Waals surface area contributed by atoms with Gasteiger partial charge in [-0.1, -0.05) is 19.8 Å². The first-order chi connectivity index (χ1) is 9.11. The average molecular weight is 343 g/mol. The molecular weight excluding hydrogens is 326 g/mol. The third-order valence-corrected chi connectivity index (χ3v) is 4.77. The molecule has 102 valence electrons. The van der Waals surface area contributed by atoms with Gasteiger partial charge in [0.05, 0.1) is 5.88 Å². The third kappa shape index (κ3) is 2.52. The molecule has 5 heteroatoms. The van der Waals surface area contributed by atoms with Gasteiger partial charge in [-0.05, 0) is 40.3 Å². The summed E-state index contributed by atoms with van der Waals surface area (Å²) in [5.74, 6) is 1.36. The molecule has 19 heavy (non-hydrogen) atoms. The highest BCUT2D eigenvalue weighted by atomic mass is 79.9. The molecule has 1 aliphatic rings. The second-order valence-corrected chi connectivity index (χ2v) is 6.94. The summed E-state index contributed by atoms with van der Waals surface area (Å²) in [5, 5.41) is 0. The maximum atomic E-state index is 6.05. The van der Waals surface area contributed by atoms with Crippen molar-refractivity contribution in [2.75, 3.05) is 0 Å². The lowest BCUT2D eigenvalue weighted by Gasteiger charge is -2.25. The molecule has 0 saturated heterocycles. The Kier molecular flexibility index (Phi) is 3.56. The first-order valence-corrected chi connectivity index (χ1v) is 8.01. The number of nitrogens with zero attached hydrogens (tertiary/aromatic N) is 3. The molecule has 0 atom stereocenters. The third-order valence-electron chi connectivity index (χ3n) is 4.10. The lowest BCUT2D eigenvalue weighted by molar-refractivity contribution is 0.282. The zero-order valence-electron chi connectivity index (χ0n) is 11.0. The highest BCUT2D eigenvalue weighted by Crippen LogP contribution is 2.39. The largest absolute Gasteiger partial charge is 0.311 e. The molecule has 0 spiro atoms. The van der Waals surface area contributed by atoms with Crippen molar-refractivity contribution in [3.05, 3.63) is 22.6 Å². The summed E-state index contributed by atoms with van der Waals surface area (Å²) in [7, 11) is 0. The summed E-state index contributed by atoms with van der Waals surface area (Å²) in [4.78, 5) is 9.12. The van der Waals surface area contributed by atoms with Crippen LogP contribution in [-0.2, 0) is 12.4 Å². The van der Waals surface area contributed by atoms with Gasteiger partial charge in [0.25, 0.3) is 0 Å². The van der Waals surface area contributed by atoms with Crippen molar-refractivity contribution in [1.82, 2.24) is 14.5 Å². The van der Waals surface area contributed by atoms with Crippen molar-refractivity contribution in [2.45, 2.75) is 45.0 Å². The van der Waals surface area contributed by atoms with Crippen molar-refractivity contribution in [3.8, 4) is 0 Å². The van der Waals surface area contributed by atoms with Crippen LogP contribution in [0.25, 0.3) is 11.2 Å².